The van der Waals surface area contributed by atoms with Crippen LogP contribution in [0, 0.1) is 0 Å². The van der Waals surface area contributed by atoms with E-state index in [2.05, 4.69) is 20.6 Å². The number of amides is 3. The molecule has 0 saturated carbocycles. The zero-order valence-corrected chi connectivity index (χ0v) is 20.5. The normalized spacial score (nSPS) is 16.3. The summed E-state index contributed by atoms with van der Waals surface area (Å²) in [6, 6.07) is 10.6. The summed E-state index contributed by atoms with van der Waals surface area (Å²) >= 11 is 3.07. The van der Waals surface area contributed by atoms with E-state index in [0.717, 1.165) is 12.0 Å². The van der Waals surface area contributed by atoms with Gasteiger partial charge in [-0.15, -0.1) is 22.7 Å². The second-order valence-electron chi connectivity index (χ2n) is 7.86. The molecular weight excluding hydrogens is 470 g/mol. The molecule has 10 heteroatoms. The summed E-state index contributed by atoms with van der Waals surface area (Å²) in [4.78, 5) is 50.0. The first-order chi connectivity index (χ1) is 16.4. The monoisotopic (exact) mass is 495 g/mol. The number of thiazole rings is 1. The van der Waals surface area contributed by atoms with Crippen molar-refractivity contribution in [1.82, 2.24) is 15.6 Å². The largest absolute Gasteiger partial charge is 0.345 e. The number of thiophene rings is 1. The number of benzodiazepines with no additional fused rings is 1. The number of benzene rings is 1. The Kier molecular flexibility index (Phi) is 7.49. The lowest BCUT2D eigenvalue weighted by atomic mass is 10.1. The van der Waals surface area contributed by atoms with Crippen molar-refractivity contribution in [3.05, 3.63) is 68.8 Å². The van der Waals surface area contributed by atoms with Gasteiger partial charge in [0.1, 0.15) is 16.8 Å². The third-order valence-electron chi connectivity index (χ3n) is 5.43. The summed E-state index contributed by atoms with van der Waals surface area (Å²) in [7, 11) is 1.65. The molecule has 0 saturated heterocycles. The van der Waals surface area contributed by atoms with Gasteiger partial charge in [-0.2, -0.15) is 0 Å². The lowest BCUT2D eigenvalue weighted by Crippen LogP contribution is -2.52. The van der Waals surface area contributed by atoms with Gasteiger partial charge in [0.15, 0.2) is 0 Å². The lowest BCUT2D eigenvalue weighted by molar-refractivity contribution is -0.130. The van der Waals surface area contributed by atoms with Crippen molar-refractivity contribution in [3.8, 4) is 0 Å². The molecule has 0 aliphatic carbocycles. The molecule has 0 bridgehead atoms. The zero-order chi connectivity index (χ0) is 24.1. The van der Waals surface area contributed by atoms with E-state index >= 15 is 0 Å². The number of fused-ring (bicyclic) bond motifs is 1. The van der Waals surface area contributed by atoms with Gasteiger partial charge in [0.2, 0.25) is 18.0 Å². The van der Waals surface area contributed by atoms with Crippen molar-refractivity contribution in [2.75, 3.05) is 11.9 Å². The molecule has 0 radical (unpaired) electrons. The minimum Gasteiger partial charge on any atom is -0.345 e. The molecule has 1 aromatic carbocycles. The zero-order valence-electron chi connectivity index (χ0n) is 18.9. The number of nitrogens with one attached hydrogen (secondary N) is 2. The maximum absolute atomic E-state index is 13.2. The fourth-order valence-corrected chi connectivity index (χ4v) is 5.04. The second-order valence-corrected chi connectivity index (χ2v) is 9.79. The molecule has 3 heterocycles. The number of aromatic nitrogens is 1. The van der Waals surface area contributed by atoms with Crippen molar-refractivity contribution in [1.29, 1.82) is 0 Å². The molecule has 1 unspecified atom stereocenters. The Balaban J connectivity index is 1.44. The number of aliphatic imine (C=N–C) groups is 1. The number of hydrogen-bond acceptors (Lipinski definition) is 7. The van der Waals surface area contributed by atoms with Crippen LogP contribution in [0.25, 0.3) is 0 Å². The van der Waals surface area contributed by atoms with Gasteiger partial charge in [-0.05, 0) is 37.3 Å². The van der Waals surface area contributed by atoms with Gasteiger partial charge in [-0.25, -0.2) is 9.98 Å². The summed E-state index contributed by atoms with van der Waals surface area (Å²) in [5, 5.41) is 9.91. The summed E-state index contributed by atoms with van der Waals surface area (Å²) < 4.78 is 0. The first-order valence-corrected chi connectivity index (χ1v) is 12.7. The number of likely N-dealkylation sites (N-methyl/N-ethyl adjacent to an activating group) is 1. The summed E-state index contributed by atoms with van der Waals surface area (Å²) in [5.74, 6) is -1.06. The summed E-state index contributed by atoms with van der Waals surface area (Å²) in [6.45, 7) is 1.59. The van der Waals surface area contributed by atoms with Crippen LogP contribution in [0.3, 0.4) is 0 Å². The smallest absolute Gasteiger partial charge is 0.272 e. The molecule has 0 fully saturated rings. The van der Waals surface area contributed by atoms with Crippen LogP contribution < -0.4 is 15.5 Å². The van der Waals surface area contributed by atoms with Crippen LogP contribution in [-0.4, -0.2) is 47.7 Å². The fraction of sp³-hybridized carbons (Fsp3) is 0.292. The Morgan fingerprint density at radius 1 is 1.15 bits per heavy atom. The van der Waals surface area contributed by atoms with Crippen molar-refractivity contribution in [2.45, 2.75) is 38.4 Å². The molecule has 1 aliphatic rings. The summed E-state index contributed by atoms with van der Waals surface area (Å²) in [5.41, 5.74) is 1.99. The molecule has 8 nitrogen and oxygen atoms in total. The first kappa shape index (κ1) is 23.8. The van der Waals surface area contributed by atoms with E-state index in [-0.39, 0.29) is 11.8 Å². The van der Waals surface area contributed by atoms with Gasteiger partial charge in [0.25, 0.3) is 5.91 Å². The Morgan fingerprint density at radius 3 is 2.71 bits per heavy atom. The number of hydrogen-bond donors (Lipinski definition) is 2. The third kappa shape index (κ3) is 5.40. The van der Waals surface area contributed by atoms with Gasteiger partial charge in [-0.1, -0.05) is 24.3 Å². The van der Waals surface area contributed by atoms with Gasteiger partial charge in [-0.3, -0.25) is 14.4 Å². The molecule has 176 valence electrons. The number of carbonyl (C=O) groups is 3. The molecule has 2 N–H and O–H groups in total. The number of para-hydroxylation sites is 1. The van der Waals surface area contributed by atoms with Crippen molar-refractivity contribution >= 4 is 51.8 Å². The molecule has 1 aliphatic heterocycles. The predicted molar refractivity (Wildman–Crippen MR) is 134 cm³/mol. The summed E-state index contributed by atoms with van der Waals surface area (Å²) in [6.07, 6.45) is 2.38. The average molecular weight is 496 g/mol. The number of carbonyl (C=O) groups excluding carboxylic acids is 3. The highest BCUT2D eigenvalue weighted by atomic mass is 32.1. The Morgan fingerprint density at radius 2 is 1.97 bits per heavy atom. The van der Waals surface area contributed by atoms with Crippen LogP contribution in [-0.2, 0) is 20.8 Å². The molecule has 34 heavy (non-hydrogen) atoms. The van der Waals surface area contributed by atoms with Gasteiger partial charge < -0.3 is 15.5 Å². The highest BCUT2D eigenvalue weighted by Gasteiger charge is 2.32. The van der Waals surface area contributed by atoms with Crippen LogP contribution in [0.5, 0.6) is 0 Å². The van der Waals surface area contributed by atoms with E-state index in [4.69, 9.17) is 0 Å². The van der Waals surface area contributed by atoms with E-state index < -0.39 is 18.1 Å². The highest BCUT2D eigenvalue weighted by molar-refractivity contribution is 7.12. The molecule has 3 amide bonds. The van der Waals surface area contributed by atoms with Gasteiger partial charge in [0, 0.05) is 35.5 Å². The number of anilines is 1. The second kappa shape index (κ2) is 10.7. The molecule has 0 spiro atoms. The van der Waals surface area contributed by atoms with E-state index in [9.17, 15) is 14.4 Å². The Hall–Kier alpha value is -3.37. The lowest BCUT2D eigenvalue weighted by Gasteiger charge is -2.22. The topological polar surface area (TPSA) is 104 Å². The molecule has 4 rings (SSSR count). The quantitative estimate of drug-likeness (QED) is 0.501. The number of aryl methyl sites for hydroxylation is 1. The molecular formula is C24H25N5O3S2. The molecule has 2 atom stereocenters. The maximum atomic E-state index is 13.2. The predicted octanol–water partition coefficient (Wildman–Crippen LogP) is 2.99. The highest BCUT2D eigenvalue weighted by Crippen LogP contribution is 2.27. The minimum atomic E-state index is -1.14. The van der Waals surface area contributed by atoms with Gasteiger partial charge in [0.05, 0.1) is 5.69 Å². The van der Waals surface area contributed by atoms with Crippen LogP contribution in [0.15, 0.2) is 58.3 Å². The Bertz CT molecular complexity index is 1190. The van der Waals surface area contributed by atoms with Crippen LogP contribution in [0.1, 0.15) is 35.2 Å². The fourth-order valence-electron chi connectivity index (χ4n) is 3.64. The minimum absolute atomic E-state index is 0.206. The van der Waals surface area contributed by atoms with E-state index in [0.29, 0.717) is 29.2 Å². The average Bonchev–Trinajstić information content (AvgIpc) is 3.54. The number of nitrogens with zero attached hydrogens (tertiary/aromatic N) is 3. The SMILES string of the molecule is C[C@H](NC(=O)CCCc1cccs1)C(=O)NC1N=C(c2nccs2)c2ccccc2N(C)C1=O. The van der Waals surface area contributed by atoms with Crippen molar-refractivity contribution in [2.24, 2.45) is 4.99 Å². The third-order valence-corrected chi connectivity index (χ3v) is 7.15. The van der Waals surface area contributed by atoms with Crippen LogP contribution >= 0.6 is 22.7 Å². The van der Waals surface area contributed by atoms with Gasteiger partial charge >= 0.3 is 0 Å². The number of rotatable bonds is 8. The first-order valence-electron chi connectivity index (χ1n) is 10.9. The van der Waals surface area contributed by atoms with E-state index in [1.807, 2.05) is 47.2 Å². The van der Waals surface area contributed by atoms with Crippen LogP contribution in [0.4, 0.5) is 5.69 Å². The molecule has 3 aromatic rings. The Labute approximate surface area is 205 Å². The maximum Gasteiger partial charge on any atom is 0.272 e. The standard InChI is InChI=1S/C24H25N5O3S2/c1-15(26-19(30)11-5-7-16-8-6-13-33-16)22(31)28-21-24(32)29(2)18-10-4-3-9-17(18)20(27-21)23-25-12-14-34-23/h3-4,6,8-10,12-15,21H,5,7,11H2,1-2H3,(H,26,30)(H,28,31)/t15-,21?/m0/s1. The van der Waals surface area contributed by atoms with E-state index in [1.54, 1.807) is 31.5 Å². The van der Waals surface area contributed by atoms with Crippen molar-refractivity contribution < 1.29 is 14.4 Å². The van der Waals surface area contributed by atoms with Crippen molar-refractivity contribution in [3.63, 3.8) is 0 Å². The van der Waals surface area contributed by atoms with Crippen LogP contribution in [0.2, 0.25) is 0 Å². The van der Waals surface area contributed by atoms with E-state index in [1.165, 1.54) is 21.1 Å². The molecule has 2 aromatic heterocycles.